The third-order valence-corrected chi connectivity index (χ3v) is 6.40. The Bertz CT molecular complexity index is 1220. The Morgan fingerprint density at radius 1 is 1.03 bits per heavy atom. The van der Waals surface area contributed by atoms with Gasteiger partial charge in [-0.05, 0) is 42.7 Å². The zero-order valence-corrected chi connectivity index (χ0v) is 16.9. The van der Waals surface area contributed by atoms with Gasteiger partial charge in [-0.3, -0.25) is 9.69 Å². The number of allylic oxidation sites excluding steroid dienone is 3. The number of hydrogen-bond donors (Lipinski definition) is 2. The van der Waals surface area contributed by atoms with Gasteiger partial charge in [0.25, 0.3) is 0 Å². The summed E-state index contributed by atoms with van der Waals surface area (Å²) in [5.74, 6) is -0.279. The number of carbonyl (C=O) groups is 1. The molecule has 1 heterocycles. The SMILES string of the molecule is N#CC1=C(N)N(c2ccc(S(N)(=O)=O)cc2)C2=C(C(=O)CCC2)C1c1ccccc1. The van der Waals surface area contributed by atoms with Gasteiger partial charge in [0.2, 0.25) is 10.0 Å². The first-order valence-electron chi connectivity index (χ1n) is 9.47. The molecule has 0 saturated carbocycles. The monoisotopic (exact) mass is 420 g/mol. The molecule has 1 aliphatic heterocycles. The minimum atomic E-state index is -3.84. The van der Waals surface area contributed by atoms with Gasteiger partial charge in [0, 0.05) is 23.4 Å². The van der Waals surface area contributed by atoms with Crippen LogP contribution in [-0.2, 0) is 14.8 Å². The van der Waals surface area contributed by atoms with Crippen LogP contribution in [0.1, 0.15) is 30.7 Å². The van der Waals surface area contributed by atoms with Gasteiger partial charge in [0.1, 0.15) is 5.82 Å². The maximum Gasteiger partial charge on any atom is 0.238 e. The zero-order chi connectivity index (χ0) is 21.5. The van der Waals surface area contributed by atoms with Gasteiger partial charge in [-0.25, -0.2) is 13.6 Å². The Kier molecular flexibility index (Phi) is 4.94. The van der Waals surface area contributed by atoms with Gasteiger partial charge in [-0.15, -0.1) is 0 Å². The molecule has 0 saturated heterocycles. The van der Waals surface area contributed by atoms with Crippen LogP contribution in [0.2, 0.25) is 0 Å². The lowest BCUT2D eigenvalue weighted by Gasteiger charge is -2.39. The lowest BCUT2D eigenvalue weighted by molar-refractivity contribution is -0.116. The summed E-state index contributed by atoms with van der Waals surface area (Å²) in [5, 5.41) is 15.1. The molecular formula is C22H20N4O3S. The van der Waals surface area contributed by atoms with Crippen molar-refractivity contribution in [2.75, 3.05) is 4.90 Å². The van der Waals surface area contributed by atoms with E-state index in [1.54, 1.807) is 17.0 Å². The van der Waals surface area contributed by atoms with Crippen molar-refractivity contribution in [2.45, 2.75) is 30.1 Å². The topological polar surface area (TPSA) is 130 Å². The fourth-order valence-electron chi connectivity index (χ4n) is 4.15. The minimum absolute atomic E-state index is 0.00323. The largest absolute Gasteiger partial charge is 0.384 e. The lowest BCUT2D eigenvalue weighted by Crippen LogP contribution is -2.38. The summed E-state index contributed by atoms with van der Waals surface area (Å²) in [7, 11) is -3.84. The van der Waals surface area contributed by atoms with E-state index in [2.05, 4.69) is 6.07 Å². The van der Waals surface area contributed by atoms with Crippen molar-refractivity contribution in [3.05, 3.63) is 82.8 Å². The van der Waals surface area contributed by atoms with Gasteiger partial charge in [0.05, 0.1) is 22.5 Å². The first-order chi connectivity index (χ1) is 14.3. The molecule has 0 radical (unpaired) electrons. The van der Waals surface area contributed by atoms with Crippen LogP contribution in [0.5, 0.6) is 0 Å². The number of anilines is 1. The van der Waals surface area contributed by atoms with E-state index in [0.29, 0.717) is 36.1 Å². The average Bonchev–Trinajstić information content (AvgIpc) is 2.73. The van der Waals surface area contributed by atoms with Gasteiger partial charge in [-0.1, -0.05) is 30.3 Å². The summed E-state index contributed by atoms with van der Waals surface area (Å²) in [6.07, 6.45) is 1.72. The molecule has 0 amide bonds. The molecule has 30 heavy (non-hydrogen) atoms. The number of ketones is 1. The van der Waals surface area contributed by atoms with Crippen molar-refractivity contribution in [1.29, 1.82) is 5.26 Å². The lowest BCUT2D eigenvalue weighted by atomic mass is 9.75. The summed E-state index contributed by atoms with van der Waals surface area (Å²) in [6.45, 7) is 0. The number of nitrogens with two attached hydrogens (primary N) is 2. The van der Waals surface area contributed by atoms with E-state index in [1.807, 2.05) is 30.3 Å². The molecule has 4 N–H and O–H groups in total. The Balaban J connectivity index is 1.92. The molecule has 8 heteroatoms. The Morgan fingerprint density at radius 2 is 1.70 bits per heavy atom. The van der Waals surface area contributed by atoms with Crippen LogP contribution in [0.4, 0.5) is 5.69 Å². The molecular weight excluding hydrogens is 400 g/mol. The van der Waals surface area contributed by atoms with Crippen LogP contribution in [0.15, 0.2) is 82.2 Å². The van der Waals surface area contributed by atoms with Gasteiger partial charge in [0.15, 0.2) is 5.78 Å². The normalized spacial score (nSPS) is 19.5. The van der Waals surface area contributed by atoms with Crippen LogP contribution in [0, 0.1) is 11.3 Å². The highest BCUT2D eigenvalue weighted by Crippen LogP contribution is 2.46. The van der Waals surface area contributed by atoms with Crippen LogP contribution in [0.3, 0.4) is 0 Å². The van der Waals surface area contributed by atoms with E-state index in [-0.39, 0.29) is 16.5 Å². The third kappa shape index (κ3) is 3.28. The number of sulfonamides is 1. The van der Waals surface area contributed by atoms with Crippen molar-refractivity contribution >= 4 is 21.5 Å². The van der Waals surface area contributed by atoms with Crippen molar-refractivity contribution < 1.29 is 13.2 Å². The zero-order valence-electron chi connectivity index (χ0n) is 16.1. The molecule has 0 bridgehead atoms. The summed E-state index contributed by atoms with van der Waals surface area (Å²) in [6, 6.07) is 17.5. The minimum Gasteiger partial charge on any atom is -0.384 e. The average molecular weight is 420 g/mol. The van der Waals surface area contributed by atoms with Crippen molar-refractivity contribution in [3.63, 3.8) is 0 Å². The van der Waals surface area contributed by atoms with Crippen molar-refractivity contribution in [2.24, 2.45) is 10.9 Å². The number of benzene rings is 2. The van der Waals surface area contributed by atoms with E-state index >= 15 is 0 Å². The maximum atomic E-state index is 13.0. The Labute approximate surface area is 175 Å². The molecule has 1 atom stereocenters. The first kappa shape index (κ1) is 19.9. The van der Waals surface area contributed by atoms with Crippen molar-refractivity contribution in [1.82, 2.24) is 0 Å². The summed E-state index contributed by atoms with van der Waals surface area (Å²) in [5.41, 5.74) is 9.50. The molecule has 0 fully saturated rings. The fraction of sp³-hybridized carbons (Fsp3) is 0.182. The van der Waals surface area contributed by atoms with Gasteiger partial charge >= 0.3 is 0 Å². The number of nitrogens with zero attached hydrogens (tertiary/aromatic N) is 2. The number of rotatable bonds is 3. The molecule has 0 spiro atoms. The van der Waals surface area contributed by atoms with E-state index < -0.39 is 15.9 Å². The Hall–Kier alpha value is -3.41. The highest BCUT2D eigenvalue weighted by Gasteiger charge is 2.40. The summed E-state index contributed by atoms with van der Waals surface area (Å²) < 4.78 is 23.2. The van der Waals surface area contributed by atoms with Crippen molar-refractivity contribution in [3.8, 4) is 6.07 Å². The van der Waals surface area contributed by atoms with Crippen LogP contribution >= 0.6 is 0 Å². The van der Waals surface area contributed by atoms with Crippen LogP contribution < -0.4 is 15.8 Å². The predicted molar refractivity (Wildman–Crippen MR) is 112 cm³/mol. The molecule has 0 aromatic heterocycles. The van der Waals surface area contributed by atoms with E-state index in [1.165, 1.54) is 12.1 Å². The highest BCUT2D eigenvalue weighted by atomic mass is 32.2. The number of carbonyl (C=O) groups excluding carboxylic acids is 1. The molecule has 4 rings (SSSR count). The van der Waals surface area contributed by atoms with E-state index in [0.717, 1.165) is 11.3 Å². The summed E-state index contributed by atoms with van der Waals surface area (Å²) >= 11 is 0. The van der Waals surface area contributed by atoms with Crippen LogP contribution in [0.25, 0.3) is 0 Å². The standard InChI is InChI=1S/C22H20N4O3S/c23-13-17-20(14-5-2-1-3-6-14)21-18(7-4-8-19(21)27)26(22(17)24)15-9-11-16(12-10-15)30(25,28)29/h1-3,5-6,9-12,20H,4,7-8,24H2,(H2,25,28,29). The molecule has 1 aliphatic carbocycles. The second-order valence-corrected chi connectivity index (χ2v) is 8.83. The van der Waals surface area contributed by atoms with E-state index in [9.17, 15) is 18.5 Å². The quantitative estimate of drug-likeness (QED) is 0.785. The van der Waals surface area contributed by atoms with E-state index in [4.69, 9.17) is 10.9 Å². The van der Waals surface area contributed by atoms with Gasteiger partial charge in [-0.2, -0.15) is 5.26 Å². The summed E-state index contributed by atoms with van der Waals surface area (Å²) in [4.78, 5) is 14.7. The highest BCUT2D eigenvalue weighted by molar-refractivity contribution is 7.89. The maximum absolute atomic E-state index is 13.0. The predicted octanol–water partition coefficient (Wildman–Crippen LogP) is 2.64. The number of nitriles is 1. The smallest absolute Gasteiger partial charge is 0.238 e. The molecule has 2 aromatic carbocycles. The van der Waals surface area contributed by atoms with Gasteiger partial charge < -0.3 is 5.73 Å². The number of primary sulfonamides is 1. The fourth-order valence-corrected chi connectivity index (χ4v) is 4.66. The van der Waals surface area contributed by atoms with Crippen LogP contribution in [-0.4, -0.2) is 14.2 Å². The molecule has 152 valence electrons. The second kappa shape index (κ2) is 7.44. The third-order valence-electron chi connectivity index (χ3n) is 5.47. The second-order valence-electron chi connectivity index (χ2n) is 7.27. The molecule has 2 aromatic rings. The number of hydrogen-bond acceptors (Lipinski definition) is 6. The number of Topliss-reactive ketones (excluding diaryl/α,β-unsaturated/α-hetero) is 1. The molecule has 7 nitrogen and oxygen atoms in total. The molecule has 1 unspecified atom stereocenters. The Morgan fingerprint density at radius 3 is 2.30 bits per heavy atom. The molecule has 2 aliphatic rings. The first-order valence-corrected chi connectivity index (χ1v) is 11.0.